The maximum atomic E-state index is 9.10. The minimum atomic E-state index is -1.82. The van der Waals surface area contributed by atoms with Crippen molar-refractivity contribution in [2.45, 2.75) is 0 Å². The SMILES string of the molecule is CN(C)CCO/N=C(/c1ccccc1)c1ccncc1.O=C(O)C(=O)O. The highest BCUT2D eigenvalue weighted by molar-refractivity contribution is 6.27. The van der Waals surface area contributed by atoms with E-state index in [1.165, 1.54) is 0 Å². The van der Waals surface area contributed by atoms with Crippen LogP contribution in [0.25, 0.3) is 0 Å². The van der Waals surface area contributed by atoms with Crippen LogP contribution in [0.1, 0.15) is 11.1 Å². The van der Waals surface area contributed by atoms with Gasteiger partial charge in [-0.1, -0.05) is 35.5 Å². The Balaban J connectivity index is 0.000000487. The average Bonchev–Trinajstić information content (AvgIpc) is 2.63. The molecule has 0 aliphatic heterocycles. The predicted molar refractivity (Wildman–Crippen MR) is 96.1 cm³/mol. The second-order valence-electron chi connectivity index (χ2n) is 5.29. The van der Waals surface area contributed by atoms with Gasteiger partial charge in [0.15, 0.2) is 0 Å². The van der Waals surface area contributed by atoms with E-state index in [4.69, 9.17) is 24.6 Å². The molecule has 0 spiro atoms. The molecule has 0 radical (unpaired) electrons. The molecule has 138 valence electrons. The summed E-state index contributed by atoms with van der Waals surface area (Å²) in [6.07, 6.45) is 3.52. The van der Waals surface area contributed by atoms with Crippen molar-refractivity contribution in [3.63, 3.8) is 0 Å². The molecule has 0 aliphatic carbocycles. The molecule has 2 aromatic rings. The van der Waals surface area contributed by atoms with Gasteiger partial charge in [0, 0.05) is 30.1 Å². The number of carboxylic acids is 2. The summed E-state index contributed by atoms with van der Waals surface area (Å²) in [6.45, 7) is 1.40. The van der Waals surface area contributed by atoms with E-state index in [9.17, 15) is 0 Å². The van der Waals surface area contributed by atoms with Crippen LogP contribution in [0.15, 0.2) is 60.0 Å². The Bertz CT molecular complexity index is 665. The molecule has 0 unspecified atom stereocenters. The predicted octanol–water partition coefficient (Wildman–Crippen LogP) is 1.57. The monoisotopic (exact) mass is 359 g/mol. The average molecular weight is 359 g/mol. The first-order valence-electron chi connectivity index (χ1n) is 7.68. The summed E-state index contributed by atoms with van der Waals surface area (Å²) >= 11 is 0. The number of aliphatic carboxylic acids is 2. The Morgan fingerprint density at radius 3 is 2.04 bits per heavy atom. The van der Waals surface area contributed by atoms with Crippen LogP contribution in [0.5, 0.6) is 0 Å². The van der Waals surface area contributed by atoms with Gasteiger partial charge < -0.3 is 20.0 Å². The van der Waals surface area contributed by atoms with Crippen LogP contribution in [0.2, 0.25) is 0 Å². The molecule has 1 heterocycles. The molecule has 0 aliphatic rings. The summed E-state index contributed by atoms with van der Waals surface area (Å²) in [5, 5.41) is 19.1. The van der Waals surface area contributed by atoms with Crippen molar-refractivity contribution >= 4 is 17.7 Å². The highest BCUT2D eigenvalue weighted by Crippen LogP contribution is 2.10. The van der Waals surface area contributed by atoms with Gasteiger partial charge >= 0.3 is 11.9 Å². The molecule has 0 amide bonds. The summed E-state index contributed by atoms with van der Waals surface area (Å²) in [7, 11) is 4.02. The molecule has 0 saturated carbocycles. The van der Waals surface area contributed by atoms with E-state index in [1.54, 1.807) is 12.4 Å². The number of carboxylic acid groups (broad SMARTS) is 2. The van der Waals surface area contributed by atoms with Crippen LogP contribution in [0.4, 0.5) is 0 Å². The largest absolute Gasteiger partial charge is 0.473 e. The Kier molecular flexibility index (Phi) is 9.05. The zero-order valence-corrected chi connectivity index (χ0v) is 14.6. The number of rotatable bonds is 6. The van der Waals surface area contributed by atoms with Crippen molar-refractivity contribution in [3.05, 3.63) is 66.0 Å². The maximum Gasteiger partial charge on any atom is 0.414 e. The van der Waals surface area contributed by atoms with Gasteiger partial charge in [0.2, 0.25) is 0 Å². The Hall–Kier alpha value is -3.26. The molecule has 2 rings (SSSR count). The number of nitrogens with zero attached hydrogens (tertiary/aromatic N) is 3. The standard InChI is InChI=1S/C16H19N3O.C2H2O4/c1-19(2)12-13-20-18-16(14-6-4-3-5-7-14)15-8-10-17-11-9-15;3-1(4)2(5)6/h3-11H,12-13H2,1-2H3;(H,3,4)(H,5,6)/b18-16-;. The number of hydrogen-bond acceptors (Lipinski definition) is 6. The number of likely N-dealkylation sites (N-methyl/N-ethyl adjacent to an activating group) is 1. The highest BCUT2D eigenvalue weighted by atomic mass is 16.6. The van der Waals surface area contributed by atoms with Crippen LogP contribution in [0.3, 0.4) is 0 Å². The van der Waals surface area contributed by atoms with Crippen molar-refractivity contribution in [3.8, 4) is 0 Å². The Morgan fingerprint density at radius 2 is 1.54 bits per heavy atom. The molecule has 0 atom stereocenters. The number of benzene rings is 1. The van der Waals surface area contributed by atoms with Crippen molar-refractivity contribution in [1.82, 2.24) is 9.88 Å². The molecule has 1 aromatic heterocycles. The third-order valence-electron chi connectivity index (χ3n) is 2.97. The van der Waals surface area contributed by atoms with E-state index in [0.717, 1.165) is 23.4 Å². The van der Waals surface area contributed by atoms with E-state index in [2.05, 4.69) is 15.0 Å². The normalized spacial score (nSPS) is 10.7. The molecule has 0 saturated heterocycles. The zero-order valence-electron chi connectivity index (χ0n) is 14.6. The van der Waals surface area contributed by atoms with Crippen molar-refractivity contribution < 1.29 is 24.6 Å². The first kappa shape index (κ1) is 20.8. The molecular formula is C18H21N3O5. The van der Waals surface area contributed by atoms with Gasteiger partial charge in [0.05, 0.1) is 0 Å². The fraction of sp³-hybridized carbons (Fsp3) is 0.222. The molecule has 0 fully saturated rings. The van der Waals surface area contributed by atoms with Gasteiger partial charge in [-0.2, -0.15) is 0 Å². The number of oxime groups is 1. The van der Waals surface area contributed by atoms with Gasteiger partial charge in [0.25, 0.3) is 0 Å². The lowest BCUT2D eigenvalue weighted by atomic mass is 10.0. The zero-order chi connectivity index (χ0) is 19.4. The second kappa shape index (κ2) is 11.3. The summed E-state index contributed by atoms with van der Waals surface area (Å²) < 4.78 is 0. The molecule has 8 heteroatoms. The topological polar surface area (TPSA) is 112 Å². The number of aromatic nitrogens is 1. The van der Waals surface area contributed by atoms with E-state index in [0.29, 0.717) is 6.61 Å². The van der Waals surface area contributed by atoms with E-state index in [-0.39, 0.29) is 0 Å². The van der Waals surface area contributed by atoms with E-state index < -0.39 is 11.9 Å². The second-order valence-corrected chi connectivity index (χ2v) is 5.29. The minimum Gasteiger partial charge on any atom is -0.473 e. The van der Waals surface area contributed by atoms with Crippen molar-refractivity contribution in [1.29, 1.82) is 0 Å². The number of hydrogen-bond donors (Lipinski definition) is 2. The smallest absolute Gasteiger partial charge is 0.414 e. The lowest BCUT2D eigenvalue weighted by Gasteiger charge is -2.10. The van der Waals surface area contributed by atoms with Gasteiger partial charge in [-0.3, -0.25) is 4.98 Å². The summed E-state index contributed by atoms with van der Waals surface area (Å²) in [5.41, 5.74) is 2.85. The Morgan fingerprint density at radius 1 is 1.00 bits per heavy atom. The lowest BCUT2D eigenvalue weighted by Crippen LogP contribution is -2.17. The Labute approximate surface area is 151 Å². The minimum absolute atomic E-state index is 0.564. The molecule has 2 N–H and O–H groups in total. The fourth-order valence-corrected chi connectivity index (χ4v) is 1.71. The third-order valence-corrected chi connectivity index (χ3v) is 2.97. The molecule has 0 bridgehead atoms. The van der Waals surface area contributed by atoms with Crippen LogP contribution in [0, 0.1) is 0 Å². The van der Waals surface area contributed by atoms with Crippen LogP contribution >= 0.6 is 0 Å². The fourth-order valence-electron chi connectivity index (χ4n) is 1.71. The number of pyridine rings is 1. The quantitative estimate of drug-likeness (QED) is 0.348. The molecule has 8 nitrogen and oxygen atoms in total. The molecule has 1 aromatic carbocycles. The van der Waals surface area contributed by atoms with Gasteiger partial charge in [-0.05, 0) is 26.2 Å². The number of carbonyl (C=O) groups is 2. The first-order valence-corrected chi connectivity index (χ1v) is 7.68. The third kappa shape index (κ3) is 8.02. The van der Waals surface area contributed by atoms with Crippen molar-refractivity contribution in [2.24, 2.45) is 5.16 Å². The summed E-state index contributed by atoms with van der Waals surface area (Å²) in [5.74, 6) is -3.65. The van der Waals surface area contributed by atoms with Crippen LogP contribution < -0.4 is 0 Å². The first-order chi connectivity index (χ1) is 12.4. The van der Waals surface area contributed by atoms with Crippen LogP contribution in [-0.4, -0.2) is 65.0 Å². The van der Waals surface area contributed by atoms with Gasteiger partial charge in [0.1, 0.15) is 12.3 Å². The van der Waals surface area contributed by atoms with Gasteiger partial charge in [-0.15, -0.1) is 0 Å². The van der Waals surface area contributed by atoms with E-state index >= 15 is 0 Å². The maximum absolute atomic E-state index is 9.10. The summed E-state index contributed by atoms with van der Waals surface area (Å²) in [6, 6.07) is 13.9. The van der Waals surface area contributed by atoms with Gasteiger partial charge in [-0.25, -0.2) is 9.59 Å². The molecule has 26 heavy (non-hydrogen) atoms. The van der Waals surface area contributed by atoms with E-state index in [1.807, 2.05) is 56.6 Å². The van der Waals surface area contributed by atoms with Crippen LogP contribution in [-0.2, 0) is 14.4 Å². The highest BCUT2D eigenvalue weighted by Gasteiger charge is 2.07. The lowest BCUT2D eigenvalue weighted by molar-refractivity contribution is -0.159. The summed E-state index contributed by atoms with van der Waals surface area (Å²) in [4.78, 5) is 29.7. The molecular weight excluding hydrogens is 338 g/mol. The van der Waals surface area contributed by atoms with Crippen molar-refractivity contribution in [2.75, 3.05) is 27.2 Å².